The van der Waals surface area contributed by atoms with Crippen LogP contribution in [0.15, 0.2) is 71.2 Å². The topological polar surface area (TPSA) is 70.3 Å². The number of carbonyl (C=O) groups is 1. The summed E-state index contributed by atoms with van der Waals surface area (Å²) in [7, 11) is 0. The smallest absolute Gasteiger partial charge is 0.335 e. The largest absolute Gasteiger partial charge is 0.488 e. The highest BCUT2D eigenvalue weighted by Gasteiger charge is 2.10. The van der Waals surface area contributed by atoms with Crippen LogP contribution in [0.5, 0.6) is 5.75 Å². The molecule has 0 radical (unpaired) electrons. The zero-order valence-electron chi connectivity index (χ0n) is 15.1. The van der Waals surface area contributed by atoms with E-state index in [2.05, 4.69) is 15.9 Å². The molecule has 1 N–H and O–H groups in total. The molecule has 3 aromatic carbocycles. The van der Waals surface area contributed by atoms with Crippen molar-refractivity contribution >= 4 is 33.5 Å². The fourth-order valence-electron chi connectivity index (χ4n) is 2.67. The molecular formula is C23H15BrFNO3. The van der Waals surface area contributed by atoms with E-state index in [9.17, 15) is 14.4 Å². The Bertz CT molecular complexity index is 1120. The summed E-state index contributed by atoms with van der Waals surface area (Å²) in [6, 6.07) is 19.8. The minimum Gasteiger partial charge on any atom is -0.488 e. The first kappa shape index (κ1) is 20.3. The molecule has 0 bridgehead atoms. The number of benzene rings is 3. The van der Waals surface area contributed by atoms with E-state index in [1.54, 1.807) is 54.6 Å². The number of ether oxygens (including phenoxy) is 1. The number of nitriles is 1. The molecule has 29 heavy (non-hydrogen) atoms. The van der Waals surface area contributed by atoms with Gasteiger partial charge in [0, 0.05) is 15.6 Å². The highest BCUT2D eigenvalue weighted by Crippen LogP contribution is 2.29. The summed E-state index contributed by atoms with van der Waals surface area (Å²) in [5.74, 6) is -0.953. The predicted octanol–water partition coefficient (Wildman–Crippen LogP) is 5.93. The summed E-state index contributed by atoms with van der Waals surface area (Å²) in [6.07, 6.45) is 1.58. The van der Waals surface area contributed by atoms with E-state index < -0.39 is 11.8 Å². The third-order valence-corrected chi connectivity index (χ3v) is 4.64. The van der Waals surface area contributed by atoms with E-state index in [-0.39, 0.29) is 23.3 Å². The molecule has 0 heterocycles. The highest BCUT2D eigenvalue weighted by atomic mass is 79.9. The maximum Gasteiger partial charge on any atom is 0.335 e. The van der Waals surface area contributed by atoms with Gasteiger partial charge in [-0.05, 0) is 48.0 Å². The van der Waals surface area contributed by atoms with Gasteiger partial charge in [0.2, 0.25) is 0 Å². The Balaban J connectivity index is 1.89. The summed E-state index contributed by atoms with van der Waals surface area (Å²) in [5.41, 5.74) is 2.00. The molecular weight excluding hydrogens is 437 g/mol. The number of hydrogen-bond donors (Lipinski definition) is 1. The van der Waals surface area contributed by atoms with Crippen molar-refractivity contribution in [2.24, 2.45) is 0 Å². The monoisotopic (exact) mass is 451 g/mol. The van der Waals surface area contributed by atoms with Crippen LogP contribution in [-0.4, -0.2) is 11.1 Å². The quantitative estimate of drug-likeness (QED) is 0.372. The van der Waals surface area contributed by atoms with Crippen LogP contribution < -0.4 is 4.74 Å². The van der Waals surface area contributed by atoms with Gasteiger partial charge in [0.1, 0.15) is 18.2 Å². The van der Waals surface area contributed by atoms with Crippen LogP contribution in [-0.2, 0) is 6.61 Å². The molecule has 0 fully saturated rings. The number of aromatic carboxylic acids is 1. The van der Waals surface area contributed by atoms with Crippen LogP contribution in [0.25, 0.3) is 11.6 Å². The lowest BCUT2D eigenvalue weighted by molar-refractivity contribution is 0.0697. The Morgan fingerprint density at radius 2 is 1.86 bits per heavy atom. The minimum absolute atomic E-state index is 0.178. The molecule has 0 unspecified atom stereocenters. The fourth-order valence-corrected chi connectivity index (χ4v) is 3.05. The molecule has 0 aromatic heterocycles. The first-order chi connectivity index (χ1) is 14.0. The number of hydrogen-bond acceptors (Lipinski definition) is 3. The van der Waals surface area contributed by atoms with Crippen LogP contribution in [0.1, 0.15) is 27.0 Å². The van der Waals surface area contributed by atoms with Crippen LogP contribution in [0, 0.1) is 17.1 Å². The first-order valence-electron chi connectivity index (χ1n) is 8.59. The number of halogens is 2. The van der Waals surface area contributed by atoms with Gasteiger partial charge in [-0.3, -0.25) is 0 Å². The standard InChI is InChI=1S/C23H15BrFNO3/c24-19-9-10-22(29-14-15-5-7-16(8-6-15)23(27)28)17(12-19)11-18(13-26)20-3-1-2-4-21(20)25/h1-12H,14H2,(H,27,28)/b18-11-. The summed E-state index contributed by atoms with van der Waals surface area (Å²) in [4.78, 5) is 10.9. The number of carboxylic acid groups (broad SMARTS) is 1. The van der Waals surface area contributed by atoms with Crippen LogP contribution in [0.2, 0.25) is 0 Å². The summed E-state index contributed by atoms with van der Waals surface area (Å²) in [6.45, 7) is 0.212. The third-order valence-electron chi connectivity index (χ3n) is 4.15. The lowest BCUT2D eigenvalue weighted by atomic mass is 10.0. The van der Waals surface area contributed by atoms with E-state index in [4.69, 9.17) is 9.84 Å². The van der Waals surface area contributed by atoms with Gasteiger partial charge >= 0.3 is 5.97 Å². The molecule has 0 aliphatic rings. The second-order valence-electron chi connectivity index (χ2n) is 6.12. The average Bonchev–Trinajstić information content (AvgIpc) is 2.72. The van der Waals surface area contributed by atoms with Crippen molar-refractivity contribution in [3.8, 4) is 11.8 Å². The van der Waals surface area contributed by atoms with Gasteiger partial charge in [-0.2, -0.15) is 5.26 Å². The molecule has 0 amide bonds. The van der Waals surface area contributed by atoms with Crippen LogP contribution in [0.4, 0.5) is 4.39 Å². The van der Waals surface area contributed by atoms with E-state index >= 15 is 0 Å². The van der Waals surface area contributed by atoms with E-state index in [1.807, 2.05) is 6.07 Å². The van der Waals surface area contributed by atoms with Crippen molar-refractivity contribution in [1.82, 2.24) is 0 Å². The molecule has 0 aliphatic heterocycles. The zero-order chi connectivity index (χ0) is 20.8. The normalized spacial score (nSPS) is 11.0. The lowest BCUT2D eigenvalue weighted by Crippen LogP contribution is -2.00. The lowest BCUT2D eigenvalue weighted by Gasteiger charge is -2.11. The Morgan fingerprint density at radius 3 is 2.52 bits per heavy atom. The van der Waals surface area contributed by atoms with Gasteiger partial charge < -0.3 is 9.84 Å². The van der Waals surface area contributed by atoms with Crippen LogP contribution >= 0.6 is 15.9 Å². The first-order valence-corrected chi connectivity index (χ1v) is 9.38. The molecule has 4 nitrogen and oxygen atoms in total. The van der Waals surface area contributed by atoms with E-state index in [1.165, 1.54) is 18.2 Å². The molecule has 3 aromatic rings. The number of carboxylic acids is 1. The SMILES string of the molecule is N#C/C(=C/c1cc(Br)ccc1OCc1ccc(C(=O)O)cc1)c1ccccc1F. The van der Waals surface area contributed by atoms with Crippen molar-refractivity contribution in [3.63, 3.8) is 0 Å². The molecule has 144 valence electrons. The number of nitrogens with zero attached hydrogens (tertiary/aromatic N) is 1. The summed E-state index contributed by atoms with van der Waals surface area (Å²) in [5, 5.41) is 18.5. The second kappa shape index (κ2) is 9.18. The van der Waals surface area contributed by atoms with Gasteiger partial charge in [0.15, 0.2) is 0 Å². The molecule has 0 atom stereocenters. The molecule has 0 aliphatic carbocycles. The average molecular weight is 452 g/mol. The Labute approximate surface area is 175 Å². The number of allylic oxidation sites excluding steroid dienone is 1. The minimum atomic E-state index is -0.991. The Morgan fingerprint density at radius 1 is 1.14 bits per heavy atom. The van der Waals surface area contributed by atoms with Gasteiger partial charge in [0.25, 0.3) is 0 Å². The van der Waals surface area contributed by atoms with Gasteiger partial charge in [-0.1, -0.05) is 46.3 Å². The van der Waals surface area contributed by atoms with E-state index in [0.29, 0.717) is 11.3 Å². The Kier molecular flexibility index (Phi) is 6.43. The van der Waals surface area contributed by atoms with Crippen molar-refractivity contribution in [3.05, 3.63) is 99.3 Å². The molecule has 6 heteroatoms. The van der Waals surface area contributed by atoms with E-state index in [0.717, 1.165) is 10.0 Å². The van der Waals surface area contributed by atoms with Crippen molar-refractivity contribution in [2.45, 2.75) is 6.61 Å². The fraction of sp³-hybridized carbons (Fsp3) is 0.0435. The van der Waals surface area contributed by atoms with Gasteiger partial charge in [0.05, 0.1) is 17.2 Å². The predicted molar refractivity (Wildman–Crippen MR) is 112 cm³/mol. The Hall–Kier alpha value is -3.43. The second-order valence-corrected chi connectivity index (χ2v) is 7.04. The molecule has 0 saturated heterocycles. The van der Waals surface area contributed by atoms with Gasteiger partial charge in [-0.15, -0.1) is 0 Å². The number of rotatable bonds is 6. The van der Waals surface area contributed by atoms with Crippen molar-refractivity contribution in [1.29, 1.82) is 5.26 Å². The maximum absolute atomic E-state index is 14.1. The maximum atomic E-state index is 14.1. The molecule has 0 saturated carbocycles. The van der Waals surface area contributed by atoms with Crippen molar-refractivity contribution < 1.29 is 19.0 Å². The molecule has 3 rings (SSSR count). The summed E-state index contributed by atoms with van der Waals surface area (Å²) >= 11 is 3.40. The third kappa shape index (κ3) is 5.09. The molecule has 0 spiro atoms. The van der Waals surface area contributed by atoms with Crippen LogP contribution in [0.3, 0.4) is 0 Å². The van der Waals surface area contributed by atoms with Crippen molar-refractivity contribution in [2.75, 3.05) is 0 Å². The zero-order valence-corrected chi connectivity index (χ0v) is 16.7. The van der Waals surface area contributed by atoms with Gasteiger partial charge in [-0.25, -0.2) is 9.18 Å². The summed E-state index contributed by atoms with van der Waals surface area (Å²) < 4.78 is 20.8. The highest BCUT2D eigenvalue weighted by molar-refractivity contribution is 9.10.